The third-order valence-corrected chi connectivity index (χ3v) is 4.97. The normalized spacial score (nSPS) is 11.1. The van der Waals surface area contributed by atoms with Crippen molar-refractivity contribution >= 4 is 32.4 Å². The molecule has 0 bridgehead atoms. The van der Waals surface area contributed by atoms with E-state index in [1.807, 2.05) is 31.2 Å². The van der Waals surface area contributed by atoms with E-state index in [9.17, 15) is 0 Å². The fraction of sp³-hybridized carbons (Fsp3) is 0.227. The molecular weight excluding hydrogens is 342 g/mol. The molecule has 3 aromatic carbocycles. The van der Waals surface area contributed by atoms with Gasteiger partial charge in [0.2, 0.25) is 0 Å². The second kappa shape index (κ2) is 6.50. The molecule has 0 aliphatic carbocycles. The smallest absolute Gasteiger partial charge is 0.162 e. The van der Waals surface area contributed by atoms with Crippen LogP contribution in [0.15, 0.2) is 36.4 Å². The van der Waals surface area contributed by atoms with Gasteiger partial charge in [-0.25, -0.2) is 0 Å². The van der Waals surface area contributed by atoms with Gasteiger partial charge in [-0.15, -0.1) is 0 Å². The number of fused-ring (bicyclic) bond motifs is 5. The minimum Gasteiger partial charge on any atom is -0.493 e. The maximum Gasteiger partial charge on any atom is 0.162 e. The van der Waals surface area contributed by atoms with Gasteiger partial charge in [-0.05, 0) is 41.3 Å². The van der Waals surface area contributed by atoms with Crippen LogP contribution in [0.2, 0.25) is 0 Å². The highest BCUT2D eigenvalue weighted by Gasteiger charge is 2.15. The quantitative estimate of drug-likeness (QED) is 0.484. The molecule has 0 aliphatic rings. The predicted octanol–water partition coefficient (Wildman–Crippen LogP) is 4.88. The zero-order chi connectivity index (χ0) is 19.1. The maximum absolute atomic E-state index is 5.51. The minimum atomic E-state index is 0.670. The largest absolute Gasteiger partial charge is 0.493 e. The van der Waals surface area contributed by atoms with Crippen LogP contribution in [0.4, 0.5) is 0 Å². The van der Waals surface area contributed by atoms with E-state index in [1.165, 1.54) is 0 Å². The number of methoxy groups -OCH3 is 4. The Bertz CT molecular complexity index is 1180. The SMILES string of the molecule is COc1cc2ccc3c4cc(OC)c(OC)cc4nc(C)c3c2cc1OC. The summed E-state index contributed by atoms with van der Waals surface area (Å²) in [5, 5.41) is 5.37. The Labute approximate surface area is 157 Å². The molecule has 0 spiro atoms. The first kappa shape index (κ1) is 17.2. The summed E-state index contributed by atoms with van der Waals surface area (Å²) in [7, 11) is 6.56. The van der Waals surface area contributed by atoms with Crippen LogP contribution in [0.5, 0.6) is 23.0 Å². The van der Waals surface area contributed by atoms with E-state index in [1.54, 1.807) is 28.4 Å². The van der Waals surface area contributed by atoms with Gasteiger partial charge in [0, 0.05) is 22.5 Å². The van der Waals surface area contributed by atoms with Gasteiger partial charge in [0.1, 0.15) is 0 Å². The standard InChI is InChI=1S/C22H21NO4/c1-12-22-14(16-10-20(26-4)21(27-5)11-17(16)23-12)7-6-13-8-18(24-2)19(25-3)9-15(13)22/h6-11H,1-5H3. The molecule has 5 heteroatoms. The molecule has 138 valence electrons. The van der Waals surface area contributed by atoms with Gasteiger partial charge in [-0.1, -0.05) is 12.1 Å². The Kier molecular flexibility index (Phi) is 4.15. The van der Waals surface area contributed by atoms with Crippen LogP contribution in [0, 0.1) is 6.92 Å². The Hall–Kier alpha value is -3.21. The van der Waals surface area contributed by atoms with Crippen LogP contribution < -0.4 is 18.9 Å². The molecule has 5 nitrogen and oxygen atoms in total. The fourth-order valence-corrected chi connectivity index (χ4v) is 3.68. The Morgan fingerprint density at radius 3 is 1.81 bits per heavy atom. The van der Waals surface area contributed by atoms with E-state index >= 15 is 0 Å². The number of ether oxygens (including phenoxy) is 4. The lowest BCUT2D eigenvalue weighted by Gasteiger charge is -2.15. The molecule has 0 saturated heterocycles. The number of aromatic nitrogens is 1. The number of hydrogen-bond donors (Lipinski definition) is 0. The number of rotatable bonds is 4. The molecule has 0 amide bonds. The number of benzene rings is 3. The number of hydrogen-bond acceptors (Lipinski definition) is 5. The summed E-state index contributed by atoms with van der Waals surface area (Å²) in [5.74, 6) is 2.76. The molecule has 0 fully saturated rings. The van der Waals surface area contributed by atoms with E-state index in [0.717, 1.165) is 38.1 Å². The molecule has 1 heterocycles. The Balaban J connectivity index is 2.16. The van der Waals surface area contributed by atoms with Gasteiger partial charge < -0.3 is 18.9 Å². The molecule has 27 heavy (non-hydrogen) atoms. The molecule has 0 radical (unpaired) electrons. The van der Waals surface area contributed by atoms with Crippen LogP contribution in [0.3, 0.4) is 0 Å². The third-order valence-electron chi connectivity index (χ3n) is 4.97. The van der Waals surface area contributed by atoms with E-state index in [0.29, 0.717) is 23.0 Å². The molecule has 0 unspecified atom stereocenters. The zero-order valence-electron chi connectivity index (χ0n) is 16.0. The van der Waals surface area contributed by atoms with Crippen LogP contribution in [-0.2, 0) is 0 Å². The average molecular weight is 363 g/mol. The fourth-order valence-electron chi connectivity index (χ4n) is 3.68. The van der Waals surface area contributed by atoms with Crippen molar-refractivity contribution in [2.75, 3.05) is 28.4 Å². The molecule has 1 aromatic heterocycles. The van der Waals surface area contributed by atoms with Crippen molar-refractivity contribution in [3.8, 4) is 23.0 Å². The van der Waals surface area contributed by atoms with Crippen molar-refractivity contribution in [1.29, 1.82) is 0 Å². The lowest BCUT2D eigenvalue weighted by atomic mass is 9.97. The summed E-state index contributed by atoms with van der Waals surface area (Å²) >= 11 is 0. The third kappa shape index (κ3) is 2.58. The van der Waals surface area contributed by atoms with Crippen molar-refractivity contribution in [3.63, 3.8) is 0 Å². The summed E-state index contributed by atoms with van der Waals surface area (Å²) in [6.45, 7) is 2.02. The number of nitrogens with zero attached hydrogens (tertiary/aromatic N) is 1. The van der Waals surface area contributed by atoms with Gasteiger partial charge in [-0.2, -0.15) is 0 Å². The van der Waals surface area contributed by atoms with Crippen LogP contribution in [0.25, 0.3) is 32.4 Å². The Morgan fingerprint density at radius 2 is 1.19 bits per heavy atom. The summed E-state index contributed by atoms with van der Waals surface area (Å²) in [6.07, 6.45) is 0. The first-order chi connectivity index (χ1) is 13.1. The Morgan fingerprint density at radius 1 is 0.630 bits per heavy atom. The zero-order valence-corrected chi connectivity index (χ0v) is 16.0. The van der Waals surface area contributed by atoms with Gasteiger partial charge in [-0.3, -0.25) is 4.98 Å². The van der Waals surface area contributed by atoms with Crippen LogP contribution >= 0.6 is 0 Å². The molecular formula is C22H21NO4. The first-order valence-electron chi connectivity index (χ1n) is 8.62. The lowest BCUT2D eigenvalue weighted by molar-refractivity contribution is 0.356. The van der Waals surface area contributed by atoms with Crippen molar-refractivity contribution in [2.24, 2.45) is 0 Å². The van der Waals surface area contributed by atoms with E-state index in [-0.39, 0.29) is 0 Å². The monoisotopic (exact) mass is 363 g/mol. The van der Waals surface area contributed by atoms with E-state index in [2.05, 4.69) is 12.1 Å². The molecule has 0 N–H and O–H groups in total. The topological polar surface area (TPSA) is 49.8 Å². The van der Waals surface area contributed by atoms with E-state index < -0.39 is 0 Å². The second-order valence-electron chi connectivity index (χ2n) is 6.34. The average Bonchev–Trinajstić information content (AvgIpc) is 2.71. The van der Waals surface area contributed by atoms with E-state index in [4.69, 9.17) is 23.9 Å². The molecule has 4 rings (SSSR count). The van der Waals surface area contributed by atoms with Gasteiger partial charge in [0.15, 0.2) is 23.0 Å². The number of pyridine rings is 1. The molecule has 0 saturated carbocycles. The van der Waals surface area contributed by atoms with Crippen molar-refractivity contribution in [3.05, 3.63) is 42.1 Å². The van der Waals surface area contributed by atoms with Gasteiger partial charge in [0.25, 0.3) is 0 Å². The summed E-state index contributed by atoms with van der Waals surface area (Å²) in [6, 6.07) is 12.1. The highest BCUT2D eigenvalue weighted by atomic mass is 16.5. The van der Waals surface area contributed by atoms with Crippen molar-refractivity contribution < 1.29 is 18.9 Å². The highest BCUT2D eigenvalue weighted by molar-refractivity contribution is 6.18. The summed E-state index contributed by atoms with van der Waals surface area (Å²) in [4.78, 5) is 4.83. The summed E-state index contributed by atoms with van der Waals surface area (Å²) < 4.78 is 21.9. The van der Waals surface area contributed by atoms with Crippen molar-refractivity contribution in [2.45, 2.75) is 6.92 Å². The van der Waals surface area contributed by atoms with Crippen LogP contribution in [0.1, 0.15) is 5.69 Å². The first-order valence-corrected chi connectivity index (χ1v) is 8.62. The molecule has 4 aromatic rings. The van der Waals surface area contributed by atoms with Gasteiger partial charge in [0.05, 0.1) is 34.0 Å². The minimum absolute atomic E-state index is 0.670. The highest BCUT2D eigenvalue weighted by Crippen LogP contribution is 2.40. The molecule has 0 atom stereocenters. The predicted molar refractivity (Wildman–Crippen MR) is 108 cm³/mol. The lowest BCUT2D eigenvalue weighted by Crippen LogP contribution is -1.95. The molecule has 0 aliphatic heterocycles. The maximum atomic E-state index is 5.51. The van der Waals surface area contributed by atoms with Crippen molar-refractivity contribution in [1.82, 2.24) is 4.98 Å². The van der Waals surface area contributed by atoms with Gasteiger partial charge >= 0.3 is 0 Å². The van der Waals surface area contributed by atoms with Crippen LogP contribution in [-0.4, -0.2) is 33.4 Å². The second-order valence-corrected chi connectivity index (χ2v) is 6.34. The summed E-state index contributed by atoms with van der Waals surface area (Å²) in [5.41, 5.74) is 1.82. The number of aryl methyl sites for hydroxylation is 1.